The normalized spacial score (nSPS) is 21.2. The molecule has 1 aliphatic heterocycles. The molecule has 1 radical (unpaired) electrons. The maximum absolute atomic E-state index is 4.29. The van der Waals surface area contributed by atoms with Crippen LogP contribution in [0.15, 0.2) is 12.2 Å². The zero-order chi connectivity index (χ0) is 7.94. The average molecular weight is 153 g/mol. The highest BCUT2D eigenvalue weighted by Crippen LogP contribution is 1.93. The van der Waals surface area contributed by atoms with Crippen LogP contribution in [0.3, 0.4) is 0 Å². The van der Waals surface area contributed by atoms with Gasteiger partial charge in [-0.15, -0.1) is 0 Å². The minimum Gasteiger partial charge on any atom is -0.297 e. The highest BCUT2D eigenvalue weighted by atomic mass is 15.2. The third-order valence-electron chi connectivity index (χ3n) is 1.91. The van der Waals surface area contributed by atoms with Crippen LogP contribution in [0.4, 0.5) is 0 Å². The number of allylic oxidation sites excluding steroid dienone is 1. The highest BCUT2D eigenvalue weighted by Gasteiger charge is 2.06. The zero-order valence-corrected chi connectivity index (χ0v) is 7.29. The molecule has 1 heterocycles. The summed E-state index contributed by atoms with van der Waals surface area (Å²) >= 11 is 0. The Hall–Kier alpha value is -0.340. The quantitative estimate of drug-likeness (QED) is 0.550. The Morgan fingerprint density at radius 1 is 1.27 bits per heavy atom. The van der Waals surface area contributed by atoms with E-state index < -0.39 is 0 Å². The summed E-state index contributed by atoms with van der Waals surface area (Å²) in [7, 11) is 0. The molecule has 0 aromatic heterocycles. The molecular weight excluding hydrogens is 136 g/mol. The molecule has 1 fully saturated rings. The Labute approximate surface area is 69.3 Å². The van der Waals surface area contributed by atoms with Gasteiger partial charge in [-0.2, -0.15) is 0 Å². The first-order valence-electron chi connectivity index (χ1n) is 4.44. The predicted molar refractivity (Wildman–Crippen MR) is 47.7 cm³/mol. The fourth-order valence-corrected chi connectivity index (χ4v) is 1.22. The van der Waals surface area contributed by atoms with Gasteiger partial charge in [-0.3, -0.25) is 4.90 Å². The van der Waals surface area contributed by atoms with E-state index in [0.717, 1.165) is 39.1 Å². The summed E-state index contributed by atoms with van der Waals surface area (Å²) in [5.41, 5.74) is 0. The van der Waals surface area contributed by atoms with Crippen molar-refractivity contribution in [3.05, 3.63) is 12.2 Å². The van der Waals surface area contributed by atoms with Crippen LogP contribution in [0.5, 0.6) is 0 Å². The van der Waals surface area contributed by atoms with E-state index in [1.165, 1.54) is 0 Å². The van der Waals surface area contributed by atoms with E-state index in [9.17, 15) is 0 Å². The molecule has 0 saturated carbocycles. The first-order chi connectivity index (χ1) is 5.43. The van der Waals surface area contributed by atoms with Gasteiger partial charge >= 0.3 is 0 Å². The fraction of sp³-hybridized carbons (Fsp3) is 0.778. The lowest BCUT2D eigenvalue weighted by atomic mass is 10.3. The van der Waals surface area contributed by atoms with E-state index in [4.69, 9.17) is 0 Å². The van der Waals surface area contributed by atoms with E-state index >= 15 is 0 Å². The molecule has 2 nitrogen and oxygen atoms in total. The van der Waals surface area contributed by atoms with Crippen LogP contribution in [-0.2, 0) is 0 Å². The smallest absolute Gasteiger partial charge is 0.0261 e. The van der Waals surface area contributed by atoms with Crippen molar-refractivity contribution in [3.8, 4) is 0 Å². The van der Waals surface area contributed by atoms with Crippen LogP contribution in [0.1, 0.15) is 13.3 Å². The SMILES string of the molecule is CC/C=C/CN1CC[N]CC1. The second-order valence-electron chi connectivity index (χ2n) is 2.85. The van der Waals surface area contributed by atoms with Gasteiger partial charge in [-0.05, 0) is 6.42 Å². The molecule has 0 N–H and O–H groups in total. The predicted octanol–water partition coefficient (Wildman–Crippen LogP) is 0.873. The van der Waals surface area contributed by atoms with Crippen LogP contribution >= 0.6 is 0 Å². The highest BCUT2D eigenvalue weighted by molar-refractivity contribution is 4.84. The monoisotopic (exact) mass is 153 g/mol. The summed E-state index contributed by atoms with van der Waals surface area (Å²) in [6.45, 7) is 7.63. The Kier molecular flexibility index (Phi) is 4.24. The van der Waals surface area contributed by atoms with E-state index in [2.05, 4.69) is 29.3 Å². The molecule has 63 valence electrons. The summed E-state index contributed by atoms with van der Waals surface area (Å²) in [5.74, 6) is 0. The molecule has 0 aromatic carbocycles. The molecule has 0 aliphatic carbocycles. The number of hydrogen-bond acceptors (Lipinski definition) is 1. The van der Waals surface area contributed by atoms with Crippen molar-refractivity contribution in [1.29, 1.82) is 0 Å². The first kappa shape index (κ1) is 8.75. The average Bonchev–Trinajstić information content (AvgIpc) is 2.07. The topological polar surface area (TPSA) is 17.3 Å². The molecular formula is C9H17N2. The maximum atomic E-state index is 4.29. The summed E-state index contributed by atoms with van der Waals surface area (Å²) in [6, 6.07) is 0. The van der Waals surface area contributed by atoms with Gasteiger partial charge in [0.05, 0.1) is 0 Å². The van der Waals surface area contributed by atoms with Crippen LogP contribution < -0.4 is 5.32 Å². The Bertz CT molecular complexity index is 115. The lowest BCUT2D eigenvalue weighted by Crippen LogP contribution is -2.40. The summed E-state index contributed by atoms with van der Waals surface area (Å²) < 4.78 is 0. The molecule has 0 bridgehead atoms. The largest absolute Gasteiger partial charge is 0.297 e. The summed E-state index contributed by atoms with van der Waals surface area (Å²) in [6.07, 6.45) is 5.63. The minimum atomic E-state index is 1.03. The van der Waals surface area contributed by atoms with Gasteiger partial charge < -0.3 is 0 Å². The van der Waals surface area contributed by atoms with Crippen molar-refractivity contribution in [2.75, 3.05) is 32.7 Å². The van der Waals surface area contributed by atoms with E-state index in [0.29, 0.717) is 0 Å². The molecule has 0 aromatic rings. The standard InChI is InChI=1S/C9H17N2/c1-2-3-4-7-11-8-5-10-6-9-11/h3-4H,2,5-9H2,1H3/b4-3+. The van der Waals surface area contributed by atoms with Gasteiger partial charge in [0.1, 0.15) is 0 Å². The first-order valence-corrected chi connectivity index (χ1v) is 4.44. The van der Waals surface area contributed by atoms with Crippen LogP contribution in [0, 0.1) is 0 Å². The lowest BCUT2D eigenvalue weighted by molar-refractivity contribution is 0.262. The molecule has 11 heavy (non-hydrogen) atoms. The Balaban J connectivity index is 2.09. The van der Waals surface area contributed by atoms with Crippen molar-refractivity contribution in [1.82, 2.24) is 10.2 Å². The number of hydrogen-bond donors (Lipinski definition) is 0. The van der Waals surface area contributed by atoms with E-state index in [1.54, 1.807) is 0 Å². The molecule has 0 spiro atoms. The van der Waals surface area contributed by atoms with Crippen LogP contribution in [-0.4, -0.2) is 37.6 Å². The zero-order valence-electron chi connectivity index (χ0n) is 7.29. The maximum Gasteiger partial charge on any atom is 0.0261 e. The van der Waals surface area contributed by atoms with E-state index in [-0.39, 0.29) is 0 Å². The third kappa shape index (κ3) is 3.54. The van der Waals surface area contributed by atoms with Crippen molar-refractivity contribution in [2.24, 2.45) is 0 Å². The number of piperazine rings is 1. The number of rotatable bonds is 3. The summed E-state index contributed by atoms with van der Waals surface area (Å²) in [4.78, 5) is 2.44. The summed E-state index contributed by atoms with van der Waals surface area (Å²) in [5, 5.41) is 4.29. The molecule has 2 heteroatoms. The molecule has 0 atom stereocenters. The molecule has 1 aliphatic rings. The molecule has 0 unspecified atom stereocenters. The molecule has 1 saturated heterocycles. The third-order valence-corrected chi connectivity index (χ3v) is 1.91. The Morgan fingerprint density at radius 2 is 2.00 bits per heavy atom. The van der Waals surface area contributed by atoms with Crippen molar-refractivity contribution >= 4 is 0 Å². The van der Waals surface area contributed by atoms with Crippen LogP contribution in [0.2, 0.25) is 0 Å². The van der Waals surface area contributed by atoms with E-state index in [1.807, 2.05) is 0 Å². The van der Waals surface area contributed by atoms with Gasteiger partial charge in [0.25, 0.3) is 0 Å². The van der Waals surface area contributed by atoms with Gasteiger partial charge in [-0.1, -0.05) is 19.1 Å². The van der Waals surface area contributed by atoms with Gasteiger partial charge in [0, 0.05) is 32.7 Å². The van der Waals surface area contributed by atoms with Gasteiger partial charge in [0.2, 0.25) is 0 Å². The molecule has 0 amide bonds. The minimum absolute atomic E-state index is 1.03. The lowest BCUT2D eigenvalue weighted by Gasteiger charge is -2.24. The van der Waals surface area contributed by atoms with Gasteiger partial charge in [-0.25, -0.2) is 5.32 Å². The van der Waals surface area contributed by atoms with Crippen molar-refractivity contribution in [3.63, 3.8) is 0 Å². The second kappa shape index (κ2) is 5.33. The molecule has 1 rings (SSSR count). The fourth-order valence-electron chi connectivity index (χ4n) is 1.22. The van der Waals surface area contributed by atoms with Crippen LogP contribution in [0.25, 0.3) is 0 Å². The number of nitrogens with zero attached hydrogens (tertiary/aromatic N) is 2. The van der Waals surface area contributed by atoms with Crippen molar-refractivity contribution in [2.45, 2.75) is 13.3 Å². The van der Waals surface area contributed by atoms with Gasteiger partial charge in [0.15, 0.2) is 0 Å². The second-order valence-corrected chi connectivity index (χ2v) is 2.85. The Morgan fingerprint density at radius 3 is 2.64 bits per heavy atom. The van der Waals surface area contributed by atoms with Crippen molar-refractivity contribution < 1.29 is 0 Å².